The van der Waals surface area contributed by atoms with Crippen molar-refractivity contribution in [1.82, 2.24) is 0 Å². The van der Waals surface area contributed by atoms with Crippen LogP contribution in [0.1, 0.15) is 39.2 Å². The van der Waals surface area contributed by atoms with Crippen molar-refractivity contribution in [3.63, 3.8) is 0 Å². The molecular weight excluding hydrogens is 353 g/mol. The summed E-state index contributed by atoms with van der Waals surface area (Å²) in [7, 11) is 0. The molecule has 1 aromatic rings. The van der Waals surface area contributed by atoms with Gasteiger partial charge in [0, 0.05) is 5.92 Å². The molecule has 2 unspecified atom stereocenters. The largest absolute Gasteiger partial charge is 0.461 e. The number of ether oxygens (including phenoxy) is 2. The molecule has 0 bridgehead atoms. The van der Waals surface area contributed by atoms with E-state index in [0.29, 0.717) is 5.56 Å². The molecule has 1 rings (SSSR count). The van der Waals surface area contributed by atoms with E-state index in [1.165, 1.54) is 0 Å². The molecule has 1 N–H and O–H groups in total. The first-order valence-corrected chi connectivity index (χ1v) is 8.04. The second-order valence-electron chi connectivity index (χ2n) is 6.89. The quantitative estimate of drug-likeness (QED) is 0.739. The number of aliphatic hydroxyl groups excluding tert-OH is 1. The lowest BCUT2D eigenvalue weighted by molar-refractivity contribution is -0.222. The van der Waals surface area contributed by atoms with Gasteiger partial charge in [0.25, 0.3) is 0 Å². The summed E-state index contributed by atoms with van der Waals surface area (Å²) in [5.74, 6) is -3.56. The minimum absolute atomic E-state index is 0.110. The lowest BCUT2D eigenvalue weighted by atomic mass is 9.94. The number of benzene rings is 1. The van der Waals surface area contributed by atoms with E-state index in [-0.39, 0.29) is 6.61 Å². The van der Waals surface area contributed by atoms with Crippen LogP contribution in [0.25, 0.3) is 0 Å². The summed E-state index contributed by atoms with van der Waals surface area (Å²) in [6.45, 7) is 4.58. The summed E-state index contributed by atoms with van der Waals surface area (Å²) in [4.78, 5) is 23.7. The van der Waals surface area contributed by atoms with Crippen molar-refractivity contribution in [2.75, 3.05) is 0 Å². The van der Waals surface area contributed by atoms with Gasteiger partial charge in [-0.15, -0.1) is 0 Å². The summed E-state index contributed by atoms with van der Waals surface area (Å²) in [5, 5.41) is 9.49. The molecule has 26 heavy (non-hydrogen) atoms. The highest BCUT2D eigenvalue weighted by Crippen LogP contribution is 2.30. The maximum atomic E-state index is 12.8. The highest BCUT2D eigenvalue weighted by atomic mass is 19.4. The highest BCUT2D eigenvalue weighted by Gasteiger charge is 2.45. The fourth-order valence-corrected chi connectivity index (χ4v) is 2.17. The molecule has 0 spiro atoms. The molecule has 0 amide bonds. The van der Waals surface area contributed by atoms with Crippen molar-refractivity contribution in [3.8, 4) is 0 Å². The van der Waals surface area contributed by atoms with E-state index in [1.807, 2.05) is 0 Å². The second kappa shape index (κ2) is 9.02. The Morgan fingerprint density at radius 3 is 2.08 bits per heavy atom. The van der Waals surface area contributed by atoms with Gasteiger partial charge >= 0.3 is 18.1 Å². The summed E-state index contributed by atoms with van der Waals surface area (Å²) in [5.41, 5.74) is -0.223. The van der Waals surface area contributed by atoms with Gasteiger partial charge in [-0.1, -0.05) is 30.3 Å². The first-order valence-electron chi connectivity index (χ1n) is 8.04. The fourth-order valence-electron chi connectivity index (χ4n) is 2.17. The molecule has 0 aliphatic carbocycles. The minimum Gasteiger partial charge on any atom is -0.461 e. The van der Waals surface area contributed by atoms with Gasteiger partial charge in [-0.25, -0.2) is 0 Å². The number of halogens is 3. The normalized spacial score (nSPS) is 14.4. The SMILES string of the molecule is CC(C)(C)OC(=O)CC(CC(=O)OCc1ccccc1)C(O)C(F)(F)F. The molecule has 0 heterocycles. The average molecular weight is 376 g/mol. The Labute approximate surface area is 150 Å². The van der Waals surface area contributed by atoms with E-state index >= 15 is 0 Å². The minimum atomic E-state index is -4.97. The van der Waals surface area contributed by atoms with Crippen LogP contribution < -0.4 is 0 Å². The topological polar surface area (TPSA) is 72.8 Å². The van der Waals surface area contributed by atoms with E-state index in [2.05, 4.69) is 0 Å². The molecule has 2 atom stereocenters. The molecule has 146 valence electrons. The molecule has 5 nitrogen and oxygen atoms in total. The summed E-state index contributed by atoms with van der Waals surface area (Å²) >= 11 is 0. The molecule has 0 fully saturated rings. The van der Waals surface area contributed by atoms with Crippen molar-refractivity contribution in [2.45, 2.75) is 58.1 Å². The third kappa shape index (κ3) is 8.33. The molecule has 0 saturated carbocycles. The molecule has 0 radical (unpaired) electrons. The monoisotopic (exact) mass is 376 g/mol. The van der Waals surface area contributed by atoms with Crippen molar-refractivity contribution >= 4 is 11.9 Å². The Morgan fingerprint density at radius 2 is 1.58 bits per heavy atom. The zero-order valence-corrected chi connectivity index (χ0v) is 14.9. The van der Waals surface area contributed by atoms with Crippen molar-refractivity contribution in [3.05, 3.63) is 35.9 Å². The van der Waals surface area contributed by atoms with Gasteiger partial charge in [0.2, 0.25) is 0 Å². The van der Waals surface area contributed by atoms with Gasteiger partial charge in [0.1, 0.15) is 12.2 Å². The van der Waals surface area contributed by atoms with E-state index in [4.69, 9.17) is 9.47 Å². The standard InChI is InChI=1S/C18H23F3O5/c1-17(2,3)26-15(23)10-13(16(24)18(19,20)21)9-14(22)25-11-12-7-5-4-6-8-12/h4-8,13,16,24H,9-11H2,1-3H3. The van der Waals surface area contributed by atoms with Crippen LogP contribution in [0, 0.1) is 5.92 Å². The Morgan fingerprint density at radius 1 is 1.04 bits per heavy atom. The Balaban J connectivity index is 2.71. The molecule has 0 aliphatic heterocycles. The first-order chi connectivity index (χ1) is 11.9. The van der Waals surface area contributed by atoms with Gasteiger partial charge in [0.15, 0.2) is 6.10 Å². The van der Waals surface area contributed by atoms with E-state index in [0.717, 1.165) is 0 Å². The van der Waals surface area contributed by atoms with E-state index in [9.17, 15) is 27.9 Å². The number of hydrogen-bond acceptors (Lipinski definition) is 5. The molecule has 8 heteroatoms. The maximum Gasteiger partial charge on any atom is 0.414 e. The zero-order chi connectivity index (χ0) is 20.0. The average Bonchev–Trinajstić information content (AvgIpc) is 2.50. The summed E-state index contributed by atoms with van der Waals surface area (Å²) in [6.07, 6.45) is -9.31. The third-order valence-electron chi connectivity index (χ3n) is 3.30. The van der Waals surface area contributed by atoms with Crippen LogP contribution in [-0.2, 0) is 25.7 Å². The number of hydrogen-bond donors (Lipinski definition) is 1. The lowest BCUT2D eigenvalue weighted by Crippen LogP contribution is -2.39. The summed E-state index contributed by atoms with van der Waals surface area (Å²) < 4.78 is 48.4. The Hall–Kier alpha value is -2.09. The molecular formula is C18H23F3O5. The fraction of sp³-hybridized carbons (Fsp3) is 0.556. The summed E-state index contributed by atoms with van der Waals surface area (Å²) in [6, 6.07) is 8.59. The molecule has 0 aliphatic rings. The zero-order valence-electron chi connectivity index (χ0n) is 14.9. The van der Waals surface area contributed by atoms with Crippen LogP contribution >= 0.6 is 0 Å². The Kier molecular flexibility index (Phi) is 7.62. The van der Waals surface area contributed by atoms with Crippen LogP contribution in [0.5, 0.6) is 0 Å². The first kappa shape index (κ1) is 22.0. The van der Waals surface area contributed by atoms with Crippen molar-refractivity contribution in [2.24, 2.45) is 5.92 Å². The number of rotatable bonds is 7. The maximum absolute atomic E-state index is 12.8. The van der Waals surface area contributed by atoms with E-state index < -0.39 is 48.6 Å². The Bertz CT molecular complexity index is 593. The third-order valence-corrected chi connectivity index (χ3v) is 3.30. The van der Waals surface area contributed by atoms with Gasteiger partial charge in [-0.2, -0.15) is 13.2 Å². The second-order valence-corrected chi connectivity index (χ2v) is 6.89. The van der Waals surface area contributed by atoms with Crippen LogP contribution in [0.4, 0.5) is 13.2 Å². The number of aliphatic hydroxyl groups is 1. The van der Waals surface area contributed by atoms with E-state index in [1.54, 1.807) is 51.1 Å². The van der Waals surface area contributed by atoms with Crippen LogP contribution in [0.15, 0.2) is 30.3 Å². The molecule has 0 saturated heterocycles. The van der Waals surface area contributed by atoms with Gasteiger partial charge in [-0.3, -0.25) is 9.59 Å². The number of carbonyl (C=O) groups is 2. The van der Waals surface area contributed by atoms with Crippen LogP contribution in [-0.4, -0.2) is 34.9 Å². The molecule has 0 aromatic heterocycles. The van der Waals surface area contributed by atoms with Crippen LogP contribution in [0.2, 0.25) is 0 Å². The smallest absolute Gasteiger partial charge is 0.414 e. The van der Waals surface area contributed by atoms with Gasteiger partial charge in [-0.05, 0) is 26.3 Å². The lowest BCUT2D eigenvalue weighted by Gasteiger charge is -2.25. The number of carbonyl (C=O) groups excluding carboxylic acids is 2. The molecule has 1 aromatic carbocycles. The number of alkyl halides is 3. The highest BCUT2D eigenvalue weighted by molar-refractivity contribution is 5.73. The van der Waals surface area contributed by atoms with Crippen molar-refractivity contribution < 1.29 is 37.3 Å². The van der Waals surface area contributed by atoms with Crippen molar-refractivity contribution in [1.29, 1.82) is 0 Å². The number of esters is 2. The predicted octanol–water partition coefficient (Wildman–Crippen LogP) is 3.39. The van der Waals surface area contributed by atoms with Gasteiger partial charge < -0.3 is 14.6 Å². The predicted molar refractivity (Wildman–Crippen MR) is 86.9 cm³/mol. The van der Waals surface area contributed by atoms with Crippen LogP contribution in [0.3, 0.4) is 0 Å². The van der Waals surface area contributed by atoms with Gasteiger partial charge in [0.05, 0.1) is 12.8 Å².